The number of hydrogen-bond acceptors (Lipinski definition) is 2. The van der Waals surface area contributed by atoms with Gasteiger partial charge in [-0.05, 0) is 25.0 Å². The lowest BCUT2D eigenvalue weighted by Gasteiger charge is -2.05. The predicted molar refractivity (Wildman–Crippen MR) is 83.2 cm³/mol. The first-order valence-electron chi connectivity index (χ1n) is 8.24. The third-order valence-electron chi connectivity index (χ3n) is 3.83. The Labute approximate surface area is 123 Å². The molecule has 0 spiro atoms. The highest BCUT2D eigenvalue weighted by molar-refractivity contribution is 5.20. The molecule has 0 bridgehead atoms. The molecule has 2 nitrogen and oxygen atoms in total. The van der Waals surface area contributed by atoms with Crippen molar-refractivity contribution in [1.29, 1.82) is 0 Å². The Morgan fingerprint density at radius 3 is 2.10 bits per heavy atom. The minimum absolute atomic E-state index is 0.625. The Kier molecular flexibility index (Phi) is 7.54. The van der Waals surface area contributed by atoms with Crippen LogP contribution in [0.2, 0.25) is 0 Å². The Hall–Kier alpha value is -1.02. The van der Waals surface area contributed by atoms with Crippen molar-refractivity contribution in [1.82, 2.24) is 0 Å². The van der Waals surface area contributed by atoms with Crippen molar-refractivity contribution in [3.63, 3.8) is 0 Å². The van der Waals surface area contributed by atoms with Crippen molar-refractivity contribution in [2.24, 2.45) is 0 Å². The van der Waals surface area contributed by atoms with E-state index in [0.717, 1.165) is 19.0 Å². The molecule has 1 saturated heterocycles. The van der Waals surface area contributed by atoms with Gasteiger partial charge in [-0.25, -0.2) is 0 Å². The summed E-state index contributed by atoms with van der Waals surface area (Å²) in [4.78, 5) is 0. The van der Waals surface area contributed by atoms with Crippen LogP contribution in [0.3, 0.4) is 0 Å². The van der Waals surface area contributed by atoms with Gasteiger partial charge in [-0.1, -0.05) is 63.1 Å². The Bertz CT molecular complexity index is 333. The van der Waals surface area contributed by atoms with E-state index in [2.05, 4.69) is 0 Å². The summed E-state index contributed by atoms with van der Waals surface area (Å²) in [6.07, 6.45) is 12.6. The number of ether oxygens (including phenoxy) is 2. The molecule has 1 aliphatic rings. The fraction of sp³-hybridized carbons (Fsp3) is 0.667. The Morgan fingerprint density at radius 1 is 0.850 bits per heavy atom. The molecule has 0 saturated carbocycles. The van der Waals surface area contributed by atoms with Gasteiger partial charge in [-0.3, -0.25) is 0 Å². The highest BCUT2D eigenvalue weighted by atomic mass is 16.6. The first-order valence-corrected chi connectivity index (χ1v) is 8.24. The zero-order chi connectivity index (χ0) is 13.9. The molecular formula is C18H28O2. The lowest BCUT2D eigenvalue weighted by Crippen LogP contribution is -1.96. The Morgan fingerprint density at radius 2 is 1.45 bits per heavy atom. The minimum atomic E-state index is 0.625. The van der Waals surface area contributed by atoms with Gasteiger partial charge in [0.15, 0.2) is 0 Å². The van der Waals surface area contributed by atoms with E-state index in [1.54, 1.807) is 0 Å². The zero-order valence-corrected chi connectivity index (χ0v) is 12.6. The van der Waals surface area contributed by atoms with Crippen LogP contribution in [0, 0.1) is 0 Å². The average Bonchev–Trinajstić information content (AvgIpc) is 3.30. The standard InChI is InChI=1S/C18H28O2/c1(3-5-8-14-18-16-20-18)2-4-6-11-15-19-17-12-9-7-10-13-17/h7,9-10,12-13,18H,1-6,8,11,14-16H2. The van der Waals surface area contributed by atoms with Gasteiger partial charge in [0, 0.05) is 0 Å². The molecule has 1 fully saturated rings. The topological polar surface area (TPSA) is 21.8 Å². The normalized spacial score (nSPS) is 17.1. The molecule has 2 rings (SSSR count). The van der Waals surface area contributed by atoms with Crippen molar-refractivity contribution >= 4 is 0 Å². The fourth-order valence-corrected chi connectivity index (χ4v) is 2.48. The first-order chi connectivity index (χ1) is 9.95. The molecule has 1 aliphatic heterocycles. The minimum Gasteiger partial charge on any atom is -0.494 e. The average molecular weight is 276 g/mol. The highest BCUT2D eigenvalue weighted by Gasteiger charge is 2.20. The number of rotatable bonds is 12. The van der Waals surface area contributed by atoms with Gasteiger partial charge in [0.1, 0.15) is 5.75 Å². The first kappa shape index (κ1) is 15.4. The molecule has 1 aromatic rings. The van der Waals surface area contributed by atoms with Crippen molar-refractivity contribution < 1.29 is 9.47 Å². The maximum atomic E-state index is 5.68. The van der Waals surface area contributed by atoms with Crippen LogP contribution in [0.1, 0.15) is 57.8 Å². The Balaban J connectivity index is 1.30. The third kappa shape index (κ3) is 7.54. The number of epoxide rings is 1. The van der Waals surface area contributed by atoms with Crippen LogP contribution in [-0.2, 0) is 4.74 Å². The molecule has 1 atom stereocenters. The molecule has 2 heteroatoms. The lowest BCUT2D eigenvalue weighted by atomic mass is 10.1. The van der Waals surface area contributed by atoms with E-state index in [1.807, 2.05) is 30.3 Å². The molecule has 1 unspecified atom stereocenters. The molecule has 0 aliphatic carbocycles. The lowest BCUT2D eigenvalue weighted by molar-refractivity contribution is 0.304. The van der Waals surface area contributed by atoms with E-state index in [1.165, 1.54) is 57.8 Å². The van der Waals surface area contributed by atoms with Crippen LogP contribution in [0.15, 0.2) is 30.3 Å². The van der Waals surface area contributed by atoms with Crippen molar-refractivity contribution in [3.8, 4) is 5.75 Å². The molecule has 1 aromatic carbocycles. The third-order valence-corrected chi connectivity index (χ3v) is 3.83. The van der Waals surface area contributed by atoms with Gasteiger partial charge >= 0.3 is 0 Å². The van der Waals surface area contributed by atoms with Crippen LogP contribution in [0.5, 0.6) is 5.75 Å². The maximum Gasteiger partial charge on any atom is 0.119 e. The van der Waals surface area contributed by atoms with Crippen LogP contribution < -0.4 is 4.74 Å². The molecule has 0 aromatic heterocycles. The SMILES string of the molecule is c1ccc(OCCCCCCCCCCC2CO2)cc1. The molecule has 0 N–H and O–H groups in total. The number of hydrogen-bond donors (Lipinski definition) is 0. The summed E-state index contributed by atoms with van der Waals surface area (Å²) in [6, 6.07) is 10.1. The summed E-state index contributed by atoms with van der Waals surface area (Å²) >= 11 is 0. The van der Waals surface area contributed by atoms with Gasteiger partial charge in [0.05, 0.1) is 19.3 Å². The number of para-hydroxylation sites is 1. The quantitative estimate of drug-likeness (QED) is 0.397. The van der Waals surface area contributed by atoms with Crippen molar-refractivity contribution in [2.45, 2.75) is 63.9 Å². The summed E-state index contributed by atoms with van der Waals surface area (Å²) in [5.74, 6) is 0.993. The van der Waals surface area contributed by atoms with Gasteiger partial charge in [-0.15, -0.1) is 0 Å². The van der Waals surface area contributed by atoms with E-state index in [0.29, 0.717) is 6.10 Å². The fourth-order valence-electron chi connectivity index (χ4n) is 2.48. The van der Waals surface area contributed by atoms with E-state index in [4.69, 9.17) is 9.47 Å². The molecule has 0 radical (unpaired) electrons. The second-order valence-corrected chi connectivity index (χ2v) is 5.73. The van der Waals surface area contributed by atoms with E-state index >= 15 is 0 Å². The second-order valence-electron chi connectivity index (χ2n) is 5.73. The zero-order valence-electron chi connectivity index (χ0n) is 12.6. The van der Waals surface area contributed by atoms with E-state index < -0.39 is 0 Å². The summed E-state index contributed by atoms with van der Waals surface area (Å²) in [5, 5.41) is 0. The van der Waals surface area contributed by atoms with Crippen LogP contribution in [-0.4, -0.2) is 19.3 Å². The van der Waals surface area contributed by atoms with Gasteiger partial charge < -0.3 is 9.47 Å². The summed E-state index contributed by atoms with van der Waals surface area (Å²) in [6.45, 7) is 1.87. The van der Waals surface area contributed by atoms with Crippen LogP contribution >= 0.6 is 0 Å². The smallest absolute Gasteiger partial charge is 0.119 e. The van der Waals surface area contributed by atoms with Gasteiger partial charge in [-0.2, -0.15) is 0 Å². The van der Waals surface area contributed by atoms with Crippen LogP contribution in [0.25, 0.3) is 0 Å². The summed E-state index contributed by atoms with van der Waals surface area (Å²) < 4.78 is 10.9. The van der Waals surface area contributed by atoms with Crippen molar-refractivity contribution in [2.75, 3.05) is 13.2 Å². The summed E-state index contributed by atoms with van der Waals surface area (Å²) in [7, 11) is 0. The molecule has 112 valence electrons. The maximum absolute atomic E-state index is 5.68. The predicted octanol–water partition coefficient (Wildman–Crippen LogP) is 4.98. The monoisotopic (exact) mass is 276 g/mol. The van der Waals surface area contributed by atoms with Gasteiger partial charge in [0.25, 0.3) is 0 Å². The molecule has 1 heterocycles. The molecular weight excluding hydrogens is 248 g/mol. The van der Waals surface area contributed by atoms with E-state index in [-0.39, 0.29) is 0 Å². The number of benzene rings is 1. The second kappa shape index (κ2) is 9.82. The highest BCUT2D eigenvalue weighted by Crippen LogP contribution is 2.18. The molecule has 0 amide bonds. The number of unbranched alkanes of at least 4 members (excludes halogenated alkanes) is 7. The summed E-state index contributed by atoms with van der Waals surface area (Å²) in [5.41, 5.74) is 0. The van der Waals surface area contributed by atoms with Gasteiger partial charge in [0.2, 0.25) is 0 Å². The molecule has 20 heavy (non-hydrogen) atoms. The largest absolute Gasteiger partial charge is 0.494 e. The van der Waals surface area contributed by atoms with Crippen molar-refractivity contribution in [3.05, 3.63) is 30.3 Å². The van der Waals surface area contributed by atoms with Crippen LogP contribution in [0.4, 0.5) is 0 Å². The van der Waals surface area contributed by atoms with E-state index in [9.17, 15) is 0 Å².